The lowest BCUT2D eigenvalue weighted by Crippen LogP contribution is -2.47. The van der Waals surface area contributed by atoms with Crippen LogP contribution < -0.4 is 0 Å². The number of rotatable bonds is 2. The topological polar surface area (TPSA) is 75.5 Å². The number of aromatic nitrogens is 4. The molecule has 3 aromatic heterocycles. The average molecular weight is 446 g/mol. The lowest BCUT2D eigenvalue weighted by Gasteiger charge is -2.43. The number of aromatic amines is 1. The predicted molar refractivity (Wildman–Crippen MR) is 128 cm³/mol. The fourth-order valence-corrected chi connectivity index (χ4v) is 5.07. The Morgan fingerprint density at radius 3 is 2.67 bits per heavy atom. The van der Waals surface area contributed by atoms with E-state index in [1.54, 1.807) is 0 Å². The highest BCUT2D eigenvalue weighted by molar-refractivity contribution is 5.76. The summed E-state index contributed by atoms with van der Waals surface area (Å²) >= 11 is 0. The van der Waals surface area contributed by atoms with Crippen molar-refractivity contribution in [3.63, 3.8) is 0 Å². The molecule has 7 nitrogen and oxygen atoms in total. The van der Waals surface area contributed by atoms with Crippen molar-refractivity contribution < 1.29 is 9.53 Å². The quantitative estimate of drug-likeness (QED) is 0.434. The van der Waals surface area contributed by atoms with Gasteiger partial charge in [0.15, 0.2) is 5.65 Å². The predicted octanol–water partition coefficient (Wildman–Crippen LogP) is 5.62. The van der Waals surface area contributed by atoms with Crippen molar-refractivity contribution in [2.45, 2.75) is 58.6 Å². The molecule has 1 aromatic carbocycles. The third-order valence-corrected chi connectivity index (χ3v) is 6.65. The first kappa shape index (κ1) is 21.5. The molecule has 1 fully saturated rings. The Hall–Kier alpha value is -3.35. The summed E-state index contributed by atoms with van der Waals surface area (Å²) < 4.78 is 7.98. The van der Waals surface area contributed by atoms with Crippen LogP contribution >= 0.6 is 0 Å². The summed E-state index contributed by atoms with van der Waals surface area (Å²) in [7, 11) is 0. The zero-order valence-electron chi connectivity index (χ0n) is 19.9. The van der Waals surface area contributed by atoms with Gasteiger partial charge in [0.05, 0.1) is 29.5 Å². The second-order valence-corrected chi connectivity index (χ2v) is 10.2. The number of hydrogen-bond acceptors (Lipinski definition) is 4. The molecule has 1 unspecified atom stereocenters. The van der Waals surface area contributed by atoms with E-state index in [2.05, 4.69) is 52.5 Å². The number of carbonyl (C=O) groups is 1. The molecule has 4 heterocycles. The van der Waals surface area contributed by atoms with Crippen LogP contribution in [0.15, 0.2) is 48.9 Å². The molecule has 1 aliphatic heterocycles. The van der Waals surface area contributed by atoms with Crippen molar-refractivity contribution in [1.29, 1.82) is 0 Å². The first-order valence-electron chi connectivity index (χ1n) is 11.6. The van der Waals surface area contributed by atoms with Crippen molar-refractivity contribution in [2.75, 3.05) is 6.54 Å². The molecule has 33 heavy (non-hydrogen) atoms. The molecule has 0 saturated carbocycles. The number of aryl methyl sites for hydroxylation is 1. The van der Waals surface area contributed by atoms with Crippen molar-refractivity contribution in [1.82, 2.24) is 24.3 Å². The molecule has 1 amide bonds. The molecule has 1 aliphatic rings. The number of imidazole rings is 1. The molecule has 0 bridgehead atoms. The molecule has 172 valence electrons. The van der Waals surface area contributed by atoms with Gasteiger partial charge in [-0.15, -0.1) is 0 Å². The Kier molecular flexibility index (Phi) is 5.15. The Labute approximate surface area is 193 Å². The van der Waals surface area contributed by atoms with Gasteiger partial charge in [-0.05, 0) is 57.2 Å². The molecule has 1 N–H and O–H groups in total. The summed E-state index contributed by atoms with van der Waals surface area (Å²) in [6.07, 6.45) is 6.03. The number of amides is 1. The van der Waals surface area contributed by atoms with Crippen molar-refractivity contribution in [3.05, 3.63) is 65.9 Å². The first-order valence-corrected chi connectivity index (χ1v) is 11.6. The second kappa shape index (κ2) is 7.90. The average Bonchev–Trinajstić information content (AvgIpc) is 3.39. The van der Waals surface area contributed by atoms with Gasteiger partial charge in [0, 0.05) is 18.7 Å². The minimum absolute atomic E-state index is 0.196. The summed E-state index contributed by atoms with van der Waals surface area (Å²) in [5.41, 5.74) is 4.64. The maximum absolute atomic E-state index is 13.5. The van der Waals surface area contributed by atoms with Gasteiger partial charge in [-0.3, -0.25) is 9.30 Å². The van der Waals surface area contributed by atoms with Gasteiger partial charge < -0.3 is 9.72 Å². The third kappa shape index (κ3) is 3.86. The maximum Gasteiger partial charge on any atom is 0.410 e. The monoisotopic (exact) mass is 445 g/mol. The van der Waals surface area contributed by atoms with Gasteiger partial charge in [-0.1, -0.05) is 31.2 Å². The number of hydrogen-bond donors (Lipinski definition) is 1. The highest BCUT2D eigenvalue weighted by Gasteiger charge is 2.41. The molecule has 3 atom stereocenters. The molecule has 4 aromatic rings. The normalized spacial score (nSPS) is 21.6. The number of carbonyl (C=O) groups excluding carboxylic acids is 1. The standard InChI is InChI=1S/C26H31N5O2/c1-16-8-6-7-9-19(16)20-15-30(25(32)33-26(3,4)5)22(12-17(20)2)24-29-14-18-13-28-23-21(31(18)24)10-11-27-23/h6-11,13-14,17,20,22,27H,12,15H2,1-5H3/t17-,20+,22?/m1/s1. The van der Waals surface area contributed by atoms with Gasteiger partial charge in [-0.2, -0.15) is 0 Å². The van der Waals surface area contributed by atoms with E-state index in [0.29, 0.717) is 12.5 Å². The fraction of sp³-hybridized carbons (Fsp3) is 0.423. The number of likely N-dealkylation sites (tertiary alicyclic amines) is 1. The van der Waals surface area contributed by atoms with Crippen LogP contribution in [0.25, 0.3) is 16.7 Å². The summed E-state index contributed by atoms with van der Waals surface area (Å²) in [5.74, 6) is 1.44. The van der Waals surface area contributed by atoms with Crippen LogP contribution in [0, 0.1) is 12.8 Å². The second-order valence-electron chi connectivity index (χ2n) is 10.2. The van der Waals surface area contributed by atoms with Crippen molar-refractivity contribution in [3.8, 4) is 0 Å². The summed E-state index contributed by atoms with van der Waals surface area (Å²) in [6, 6.07) is 10.3. The van der Waals surface area contributed by atoms with Gasteiger partial charge >= 0.3 is 6.09 Å². The van der Waals surface area contributed by atoms with Crippen LogP contribution in [0.5, 0.6) is 0 Å². The van der Waals surface area contributed by atoms with Crippen LogP contribution in [0.2, 0.25) is 0 Å². The van der Waals surface area contributed by atoms with E-state index < -0.39 is 5.60 Å². The van der Waals surface area contributed by atoms with E-state index in [0.717, 1.165) is 28.9 Å². The van der Waals surface area contributed by atoms with Gasteiger partial charge in [0.2, 0.25) is 0 Å². The third-order valence-electron chi connectivity index (χ3n) is 6.65. The van der Waals surface area contributed by atoms with Crippen LogP contribution in [0.1, 0.15) is 63.0 Å². The van der Waals surface area contributed by atoms with Crippen LogP contribution in [0.3, 0.4) is 0 Å². The molecular weight excluding hydrogens is 414 g/mol. The minimum atomic E-state index is -0.574. The fourth-order valence-electron chi connectivity index (χ4n) is 5.07. The number of nitrogens with zero attached hydrogens (tertiary/aromatic N) is 4. The SMILES string of the molecule is Cc1ccccc1[C@H]1CN(C(=O)OC(C)(C)C)C(c2ncc3cnc4[nH]ccc4n23)C[C@H]1C. The maximum atomic E-state index is 13.5. The molecular formula is C26H31N5O2. The number of piperidine rings is 1. The van der Waals surface area contributed by atoms with E-state index in [4.69, 9.17) is 9.72 Å². The van der Waals surface area contributed by atoms with Gasteiger partial charge in [0.1, 0.15) is 11.4 Å². The molecule has 0 radical (unpaired) electrons. The Bertz CT molecular complexity index is 1320. The molecule has 5 rings (SSSR count). The van der Waals surface area contributed by atoms with Crippen LogP contribution in [-0.2, 0) is 4.74 Å². The zero-order valence-corrected chi connectivity index (χ0v) is 19.9. The van der Waals surface area contributed by atoms with Crippen LogP contribution in [-0.4, -0.2) is 42.5 Å². The summed E-state index contributed by atoms with van der Waals surface area (Å²) in [5, 5.41) is 0. The van der Waals surface area contributed by atoms with Gasteiger partial charge in [0.25, 0.3) is 0 Å². The minimum Gasteiger partial charge on any atom is -0.444 e. The van der Waals surface area contributed by atoms with E-state index in [1.807, 2.05) is 50.3 Å². The number of nitrogens with one attached hydrogen (secondary N) is 1. The van der Waals surface area contributed by atoms with E-state index >= 15 is 0 Å². The van der Waals surface area contributed by atoms with E-state index in [-0.39, 0.29) is 18.1 Å². The zero-order chi connectivity index (χ0) is 23.3. The Morgan fingerprint density at radius 1 is 1.15 bits per heavy atom. The van der Waals surface area contributed by atoms with Crippen LogP contribution in [0.4, 0.5) is 4.79 Å². The van der Waals surface area contributed by atoms with Crippen molar-refractivity contribution >= 4 is 22.8 Å². The first-order chi connectivity index (χ1) is 15.7. The molecule has 1 saturated heterocycles. The lowest BCUT2D eigenvalue weighted by molar-refractivity contribution is -0.0000264. The van der Waals surface area contributed by atoms with Gasteiger partial charge in [-0.25, -0.2) is 14.8 Å². The van der Waals surface area contributed by atoms with E-state index in [1.165, 1.54) is 11.1 Å². The number of benzene rings is 1. The number of H-pyrrole nitrogens is 1. The van der Waals surface area contributed by atoms with E-state index in [9.17, 15) is 4.79 Å². The van der Waals surface area contributed by atoms with Crippen molar-refractivity contribution in [2.24, 2.45) is 5.92 Å². The highest BCUT2D eigenvalue weighted by Crippen LogP contribution is 2.43. The molecule has 0 spiro atoms. The lowest BCUT2D eigenvalue weighted by atomic mass is 9.77. The molecule has 7 heteroatoms. The Morgan fingerprint density at radius 2 is 1.91 bits per heavy atom. The number of ether oxygens (including phenoxy) is 1. The Balaban J connectivity index is 1.60. The largest absolute Gasteiger partial charge is 0.444 e. The highest BCUT2D eigenvalue weighted by atomic mass is 16.6. The summed E-state index contributed by atoms with van der Waals surface area (Å²) in [6.45, 7) is 10.7. The number of fused-ring (bicyclic) bond motifs is 3. The summed E-state index contributed by atoms with van der Waals surface area (Å²) in [4.78, 5) is 27.8. The molecule has 0 aliphatic carbocycles. The smallest absolute Gasteiger partial charge is 0.410 e.